The fraction of sp³-hybridized carbons (Fsp3) is 0.536. The van der Waals surface area contributed by atoms with Crippen molar-refractivity contribution in [3.05, 3.63) is 60.2 Å². The van der Waals surface area contributed by atoms with Crippen LogP contribution in [0.2, 0.25) is 0 Å². The van der Waals surface area contributed by atoms with Gasteiger partial charge in [0.25, 0.3) is 5.91 Å². The number of ether oxygens (including phenoxy) is 3. The second-order valence-corrected chi connectivity index (χ2v) is 10.6. The third-order valence-electron chi connectivity index (χ3n) is 6.28. The summed E-state index contributed by atoms with van der Waals surface area (Å²) in [5.41, 5.74) is 2.49. The van der Waals surface area contributed by atoms with Gasteiger partial charge in [-0.05, 0) is 41.2 Å². The summed E-state index contributed by atoms with van der Waals surface area (Å²) in [7, 11) is 1.52. The number of aliphatic hydroxyl groups excluding tert-OH is 3. The third kappa shape index (κ3) is 8.78. The average Bonchev–Trinajstić information content (AvgIpc) is 2.91. The Kier molecular flexibility index (Phi) is 11.8. The minimum absolute atomic E-state index is 0.0833. The molecule has 3 rings (SSSR count). The molecule has 0 aliphatic carbocycles. The zero-order valence-corrected chi connectivity index (χ0v) is 22.4. The second-order valence-electron chi connectivity index (χ2n) is 9.20. The first-order valence-electron chi connectivity index (χ1n) is 12.7. The Bertz CT molecular complexity index is 945. The van der Waals surface area contributed by atoms with E-state index >= 15 is 0 Å². The molecule has 1 saturated heterocycles. The van der Waals surface area contributed by atoms with Crippen molar-refractivity contribution in [3.8, 4) is 11.1 Å². The van der Waals surface area contributed by atoms with Crippen LogP contribution < -0.4 is 5.32 Å². The molecule has 2 aromatic carbocycles. The summed E-state index contributed by atoms with van der Waals surface area (Å²) < 4.78 is 17.4. The van der Waals surface area contributed by atoms with Gasteiger partial charge in [0.15, 0.2) is 5.79 Å². The van der Waals surface area contributed by atoms with Crippen LogP contribution in [0, 0.1) is 0 Å². The molecule has 0 aromatic heterocycles. The Balaban J connectivity index is 1.54. The monoisotopic (exact) mass is 533 g/mol. The van der Waals surface area contributed by atoms with Gasteiger partial charge >= 0.3 is 0 Å². The van der Waals surface area contributed by atoms with Gasteiger partial charge < -0.3 is 34.8 Å². The number of carbonyl (C=O) groups is 1. The van der Waals surface area contributed by atoms with Gasteiger partial charge in [-0.2, -0.15) is 11.8 Å². The lowest BCUT2D eigenvalue weighted by Crippen LogP contribution is -2.57. The van der Waals surface area contributed by atoms with Crippen molar-refractivity contribution in [2.75, 3.05) is 38.4 Å². The zero-order chi connectivity index (χ0) is 26.7. The van der Waals surface area contributed by atoms with E-state index in [4.69, 9.17) is 14.2 Å². The first-order valence-corrected chi connectivity index (χ1v) is 13.9. The Labute approximate surface area is 223 Å². The number of amides is 1. The van der Waals surface area contributed by atoms with Gasteiger partial charge in [-0.25, -0.2) is 0 Å². The van der Waals surface area contributed by atoms with Crippen molar-refractivity contribution < 1.29 is 34.3 Å². The normalized spacial score (nSPS) is 23.4. The van der Waals surface area contributed by atoms with Gasteiger partial charge in [0, 0.05) is 32.1 Å². The van der Waals surface area contributed by atoms with E-state index in [0.717, 1.165) is 29.1 Å². The molecule has 0 radical (unpaired) electrons. The number of carbonyl (C=O) groups excluding carboxylic acids is 1. The average molecular weight is 534 g/mol. The topological polar surface area (TPSA) is 117 Å². The van der Waals surface area contributed by atoms with Gasteiger partial charge in [0.2, 0.25) is 0 Å². The van der Waals surface area contributed by atoms with Crippen LogP contribution in [0.1, 0.15) is 36.5 Å². The summed E-state index contributed by atoms with van der Waals surface area (Å²) in [6.45, 7) is 2.43. The molecule has 0 saturated carbocycles. The molecule has 8 nitrogen and oxygen atoms in total. The molecule has 2 aromatic rings. The molecular weight excluding hydrogens is 494 g/mol. The van der Waals surface area contributed by atoms with Crippen LogP contribution >= 0.6 is 11.8 Å². The molecule has 204 valence electrons. The molecule has 5 atom stereocenters. The van der Waals surface area contributed by atoms with Gasteiger partial charge in [-0.15, -0.1) is 0 Å². The fourth-order valence-electron chi connectivity index (χ4n) is 4.42. The van der Waals surface area contributed by atoms with Crippen molar-refractivity contribution in [2.24, 2.45) is 0 Å². The molecule has 0 spiro atoms. The van der Waals surface area contributed by atoms with E-state index in [1.165, 1.54) is 7.11 Å². The van der Waals surface area contributed by atoms with Crippen molar-refractivity contribution in [1.82, 2.24) is 5.32 Å². The van der Waals surface area contributed by atoms with Crippen LogP contribution in [0.25, 0.3) is 11.1 Å². The summed E-state index contributed by atoms with van der Waals surface area (Å²) in [6, 6.07) is 17.0. The molecule has 1 aliphatic rings. The van der Waals surface area contributed by atoms with E-state index < -0.39 is 30.2 Å². The number of methoxy groups -OCH3 is 1. The summed E-state index contributed by atoms with van der Waals surface area (Å²) in [6.07, 6.45) is -3.17. The lowest BCUT2D eigenvalue weighted by Gasteiger charge is -2.44. The maximum atomic E-state index is 12.6. The highest BCUT2D eigenvalue weighted by molar-refractivity contribution is 7.99. The van der Waals surface area contributed by atoms with Gasteiger partial charge in [0.1, 0.15) is 12.7 Å². The van der Waals surface area contributed by atoms with Crippen LogP contribution in [-0.2, 0) is 14.2 Å². The maximum absolute atomic E-state index is 12.6. The van der Waals surface area contributed by atoms with Crippen molar-refractivity contribution >= 4 is 17.7 Å². The molecule has 4 N–H and O–H groups in total. The van der Waals surface area contributed by atoms with E-state index in [0.29, 0.717) is 12.2 Å². The van der Waals surface area contributed by atoms with E-state index in [1.807, 2.05) is 54.2 Å². The Morgan fingerprint density at radius 3 is 2.54 bits per heavy atom. The maximum Gasteiger partial charge on any atom is 0.251 e. The summed E-state index contributed by atoms with van der Waals surface area (Å²) in [4.78, 5) is 12.6. The van der Waals surface area contributed by atoms with E-state index in [9.17, 15) is 20.1 Å². The highest BCUT2D eigenvalue weighted by atomic mass is 32.2. The number of aliphatic hydroxyl groups is 3. The minimum Gasteiger partial charge on any atom is -0.393 e. The van der Waals surface area contributed by atoms with Gasteiger partial charge in [-0.3, -0.25) is 4.79 Å². The quantitative estimate of drug-likeness (QED) is 0.274. The van der Waals surface area contributed by atoms with Crippen LogP contribution in [0.3, 0.4) is 0 Å². The molecule has 1 amide bonds. The van der Waals surface area contributed by atoms with Crippen molar-refractivity contribution in [3.63, 3.8) is 0 Å². The van der Waals surface area contributed by atoms with Crippen molar-refractivity contribution in [1.29, 1.82) is 0 Å². The standard InChI is InChI=1S/C28H39NO7S/c1-3-37-15-7-14-35-28(19-34-2)17-23(30)16-25(36-28)26(32)24(31)18-29-27(33)22-12-10-21(11-13-22)20-8-5-4-6-9-20/h4-6,8-13,23-26,30-32H,3,7,14-19H2,1-2H3,(H,29,33)/t23-,24-,25-,26-,28-/m1/s1. The second kappa shape index (κ2) is 14.8. The summed E-state index contributed by atoms with van der Waals surface area (Å²) >= 11 is 1.81. The highest BCUT2D eigenvalue weighted by Crippen LogP contribution is 2.33. The van der Waals surface area contributed by atoms with Gasteiger partial charge in [-0.1, -0.05) is 49.4 Å². The van der Waals surface area contributed by atoms with Crippen LogP contribution in [-0.4, -0.2) is 89.8 Å². The molecule has 37 heavy (non-hydrogen) atoms. The lowest BCUT2D eigenvalue weighted by atomic mass is 9.93. The first-order chi connectivity index (χ1) is 17.9. The lowest BCUT2D eigenvalue weighted by molar-refractivity contribution is -0.325. The SMILES string of the molecule is CCSCCCO[C@]1(COC)C[C@H](O)C[C@H]([C@H](O)[C@H](O)CNC(=O)c2ccc(-c3ccccc3)cc2)O1. The molecule has 1 fully saturated rings. The number of nitrogens with one attached hydrogen (secondary N) is 1. The number of benzene rings is 2. The molecule has 1 heterocycles. The minimum atomic E-state index is -1.34. The Hall–Kier alpha value is -1.98. The molecular formula is C28H39NO7S. The highest BCUT2D eigenvalue weighted by Gasteiger charge is 2.45. The van der Waals surface area contributed by atoms with Crippen LogP contribution in [0.15, 0.2) is 54.6 Å². The number of hydrogen-bond acceptors (Lipinski definition) is 8. The molecule has 9 heteroatoms. The molecule has 0 unspecified atom stereocenters. The Morgan fingerprint density at radius 1 is 1.16 bits per heavy atom. The van der Waals surface area contributed by atoms with Crippen molar-refractivity contribution in [2.45, 2.75) is 56.4 Å². The van der Waals surface area contributed by atoms with E-state index in [1.54, 1.807) is 12.1 Å². The molecule has 1 aliphatic heterocycles. The predicted molar refractivity (Wildman–Crippen MR) is 145 cm³/mol. The van der Waals surface area contributed by atoms with Crippen LogP contribution in [0.4, 0.5) is 0 Å². The van der Waals surface area contributed by atoms with E-state index in [-0.39, 0.29) is 31.9 Å². The number of rotatable bonds is 14. The Morgan fingerprint density at radius 2 is 1.86 bits per heavy atom. The zero-order valence-electron chi connectivity index (χ0n) is 21.5. The third-order valence-corrected chi connectivity index (χ3v) is 7.27. The smallest absolute Gasteiger partial charge is 0.251 e. The largest absolute Gasteiger partial charge is 0.393 e. The number of hydrogen-bond donors (Lipinski definition) is 4. The summed E-state index contributed by atoms with van der Waals surface area (Å²) in [5, 5.41) is 34.6. The summed E-state index contributed by atoms with van der Waals surface area (Å²) in [5.74, 6) is 0.401. The first kappa shape index (κ1) is 29.6. The van der Waals surface area contributed by atoms with Gasteiger partial charge in [0.05, 0.1) is 24.9 Å². The fourth-order valence-corrected chi connectivity index (χ4v) is 5.03. The van der Waals surface area contributed by atoms with Crippen LogP contribution in [0.5, 0.6) is 0 Å². The molecule has 0 bridgehead atoms. The predicted octanol–water partition coefficient (Wildman–Crippen LogP) is 2.85. The van der Waals surface area contributed by atoms with E-state index in [2.05, 4.69) is 12.2 Å². The number of thioether (sulfide) groups is 1.